The van der Waals surface area contributed by atoms with Crippen molar-refractivity contribution in [2.24, 2.45) is 0 Å². The van der Waals surface area contributed by atoms with E-state index in [0.29, 0.717) is 5.56 Å². The molecule has 0 aliphatic rings. The average molecular weight is 288 g/mol. The Balaban J connectivity index is 2.28. The minimum absolute atomic E-state index is 0.0564. The smallest absolute Gasteiger partial charge is 0.373 e. The number of ether oxygens (including phenoxy) is 1. The highest BCUT2D eigenvalue weighted by Crippen LogP contribution is 2.21. The summed E-state index contributed by atoms with van der Waals surface area (Å²) in [6.45, 7) is 1.85. The molecule has 20 heavy (non-hydrogen) atoms. The van der Waals surface area contributed by atoms with Gasteiger partial charge in [-0.2, -0.15) is 13.2 Å². The molecule has 0 N–H and O–H groups in total. The van der Waals surface area contributed by atoms with Gasteiger partial charge in [-0.1, -0.05) is 37.6 Å². The Hall–Kier alpha value is -1.36. The topological polar surface area (TPSA) is 26.3 Å². The van der Waals surface area contributed by atoms with Crippen LogP contribution in [-0.4, -0.2) is 25.2 Å². The number of ketones is 1. The first-order valence-electron chi connectivity index (χ1n) is 6.69. The molecule has 0 bridgehead atoms. The molecule has 0 aliphatic heterocycles. The first kappa shape index (κ1) is 16.7. The predicted octanol–water partition coefficient (Wildman–Crippen LogP) is 4.18. The van der Waals surface area contributed by atoms with Crippen molar-refractivity contribution in [2.45, 2.75) is 38.8 Å². The van der Waals surface area contributed by atoms with Crippen LogP contribution in [0, 0.1) is 0 Å². The number of halogens is 3. The second-order valence-electron chi connectivity index (χ2n) is 4.64. The molecule has 1 rings (SSSR count). The molecular formula is C15H19F3O2. The molecule has 0 unspecified atom stereocenters. The lowest BCUT2D eigenvalue weighted by Gasteiger charge is -2.07. The number of carbonyl (C=O) groups excluding carboxylic acids is 1. The number of rotatable bonds is 8. The van der Waals surface area contributed by atoms with Gasteiger partial charge in [0.05, 0.1) is 0 Å². The van der Waals surface area contributed by atoms with Crippen molar-refractivity contribution in [3.8, 4) is 0 Å². The SMILES string of the molecule is CCCc1ccc(C(=O)COCCCC(F)(F)F)cc1. The third-order valence-electron chi connectivity index (χ3n) is 2.80. The van der Waals surface area contributed by atoms with Crippen molar-refractivity contribution >= 4 is 5.78 Å². The number of Topliss-reactive ketones (excluding diaryl/α,β-unsaturated/α-hetero) is 1. The predicted molar refractivity (Wildman–Crippen MR) is 70.9 cm³/mol. The summed E-state index contributed by atoms with van der Waals surface area (Å²) < 4.78 is 40.6. The fourth-order valence-corrected chi connectivity index (χ4v) is 1.77. The maximum absolute atomic E-state index is 11.9. The van der Waals surface area contributed by atoms with E-state index in [1.165, 1.54) is 0 Å². The van der Waals surface area contributed by atoms with Crippen LogP contribution in [0.5, 0.6) is 0 Å². The largest absolute Gasteiger partial charge is 0.389 e. The van der Waals surface area contributed by atoms with Crippen LogP contribution in [0.1, 0.15) is 42.1 Å². The molecule has 0 atom stereocenters. The van der Waals surface area contributed by atoms with E-state index in [-0.39, 0.29) is 25.4 Å². The Morgan fingerprint density at radius 3 is 2.40 bits per heavy atom. The molecule has 0 aliphatic carbocycles. The molecule has 0 saturated heterocycles. The zero-order chi connectivity index (χ0) is 15.0. The molecule has 0 heterocycles. The summed E-state index contributed by atoms with van der Waals surface area (Å²) in [5.74, 6) is -0.208. The number of carbonyl (C=O) groups is 1. The van der Waals surface area contributed by atoms with Crippen molar-refractivity contribution in [1.29, 1.82) is 0 Å². The normalized spacial score (nSPS) is 11.6. The summed E-state index contributed by atoms with van der Waals surface area (Å²) in [4.78, 5) is 11.7. The van der Waals surface area contributed by atoms with Crippen molar-refractivity contribution in [3.05, 3.63) is 35.4 Å². The minimum Gasteiger partial charge on any atom is -0.373 e. The number of aryl methyl sites for hydroxylation is 1. The van der Waals surface area contributed by atoms with Crippen molar-refractivity contribution in [1.82, 2.24) is 0 Å². The van der Waals surface area contributed by atoms with Crippen molar-refractivity contribution in [3.63, 3.8) is 0 Å². The lowest BCUT2D eigenvalue weighted by atomic mass is 10.1. The summed E-state index contributed by atoms with van der Waals surface area (Å²) in [5, 5.41) is 0. The van der Waals surface area contributed by atoms with E-state index in [1.54, 1.807) is 12.1 Å². The van der Waals surface area contributed by atoms with Crippen LogP contribution < -0.4 is 0 Å². The first-order valence-corrected chi connectivity index (χ1v) is 6.69. The monoisotopic (exact) mass is 288 g/mol. The van der Waals surface area contributed by atoms with Gasteiger partial charge in [-0.3, -0.25) is 4.79 Å². The van der Waals surface area contributed by atoms with Crippen LogP contribution in [0.2, 0.25) is 0 Å². The van der Waals surface area contributed by atoms with E-state index in [1.807, 2.05) is 12.1 Å². The molecule has 1 aromatic rings. The van der Waals surface area contributed by atoms with Gasteiger partial charge >= 0.3 is 6.18 Å². The Morgan fingerprint density at radius 2 is 1.85 bits per heavy atom. The quantitative estimate of drug-likeness (QED) is 0.530. The van der Waals surface area contributed by atoms with Gasteiger partial charge in [0.2, 0.25) is 0 Å². The Kier molecular flexibility index (Phi) is 6.71. The number of benzene rings is 1. The third-order valence-corrected chi connectivity index (χ3v) is 2.80. The lowest BCUT2D eigenvalue weighted by molar-refractivity contribution is -0.137. The second kappa shape index (κ2) is 8.04. The van der Waals surface area contributed by atoms with Gasteiger partial charge in [0, 0.05) is 18.6 Å². The summed E-state index contributed by atoms with van der Waals surface area (Å²) in [6.07, 6.45) is -3.17. The summed E-state index contributed by atoms with van der Waals surface area (Å²) in [6, 6.07) is 7.24. The van der Waals surface area contributed by atoms with E-state index in [2.05, 4.69) is 6.92 Å². The fourth-order valence-electron chi connectivity index (χ4n) is 1.77. The molecular weight excluding hydrogens is 269 g/mol. The van der Waals surface area contributed by atoms with E-state index < -0.39 is 12.6 Å². The van der Waals surface area contributed by atoms with Crippen LogP contribution in [0.4, 0.5) is 13.2 Å². The van der Waals surface area contributed by atoms with Gasteiger partial charge in [-0.15, -0.1) is 0 Å². The number of alkyl halides is 3. The fraction of sp³-hybridized carbons (Fsp3) is 0.533. The van der Waals surface area contributed by atoms with Gasteiger partial charge in [-0.25, -0.2) is 0 Å². The van der Waals surface area contributed by atoms with Gasteiger partial charge in [0.25, 0.3) is 0 Å². The third kappa shape index (κ3) is 6.70. The molecule has 0 radical (unpaired) electrons. The van der Waals surface area contributed by atoms with Crippen molar-refractivity contribution < 1.29 is 22.7 Å². The molecule has 0 saturated carbocycles. The molecule has 0 amide bonds. The van der Waals surface area contributed by atoms with Crippen LogP contribution in [0.15, 0.2) is 24.3 Å². The molecule has 2 nitrogen and oxygen atoms in total. The molecule has 112 valence electrons. The lowest BCUT2D eigenvalue weighted by Crippen LogP contribution is -2.12. The molecule has 0 fully saturated rings. The molecule has 0 spiro atoms. The van der Waals surface area contributed by atoms with Gasteiger partial charge < -0.3 is 4.74 Å². The van der Waals surface area contributed by atoms with E-state index >= 15 is 0 Å². The minimum atomic E-state index is -4.16. The zero-order valence-corrected chi connectivity index (χ0v) is 11.5. The number of hydrogen-bond acceptors (Lipinski definition) is 2. The Labute approximate surface area is 116 Å². The van der Waals surface area contributed by atoms with E-state index in [0.717, 1.165) is 18.4 Å². The van der Waals surface area contributed by atoms with Crippen molar-refractivity contribution in [2.75, 3.05) is 13.2 Å². The van der Waals surface area contributed by atoms with Gasteiger partial charge in [0.1, 0.15) is 6.61 Å². The second-order valence-corrected chi connectivity index (χ2v) is 4.64. The zero-order valence-electron chi connectivity index (χ0n) is 11.5. The molecule has 1 aromatic carbocycles. The maximum Gasteiger partial charge on any atom is 0.389 e. The van der Waals surface area contributed by atoms with Crippen LogP contribution in [0.25, 0.3) is 0 Å². The first-order chi connectivity index (χ1) is 9.42. The van der Waals surface area contributed by atoms with Crippen LogP contribution in [0.3, 0.4) is 0 Å². The highest BCUT2D eigenvalue weighted by molar-refractivity contribution is 5.97. The molecule has 5 heteroatoms. The number of hydrogen-bond donors (Lipinski definition) is 0. The highest BCUT2D eigenvalue weighted by Gasteiger charge is 2.25. The van der Waals surface area contributed by atoms with E-state index in [9.17, 15) is 18.0 Å². The summed E-state index contributed by atoms with van der Waals surface area (Å²) >= 11 is 0. The molecule has 0 aromatic heterocycles. The summed E-state index contributed by atoms with van der Waals surface area (Å²) in [5.41, 5.74) is 1.69. The van der Waals surface area contributed by atoms with Gasteiger partial charge in [0.15, 0.2) is 5.78 Å². The summed E-state index contributed by atoms with van der Waals surface area (Å²) in [7, 11) is 0. The standard InChI is InChI=1S/C15H19F3O2/c1-2-4-12-5-7-13(8-6-12)14(19)11-20-10-3-9-15(16,17)18/h5-8H,2-4,9-11H2,1H3. The van der Waals surface area contributed by atoms with E-state index in [4.69, 9.17) is 4.74 Å². The Bertz CT molecular complexity index is 410. The highest BCUT2D eigenvalue weighted by atomic mass is 19.4. The van der Waals surface area contributed by atoms with Crippen LogP contribution >= 0.6 is 0 Å². The Morgan fingerprint density at radius 1 is 1.20 bits per heavy atom. The maximum atomic E-state index is 11.9. The van der Waals surface area contributed by atoms with Crippen LogP contribution in [-0.2, 0) is 11.2 Å². The average Bonchev–Trinajstić information content (AvgIpc) is 2.38. The van der Waals surface area contributed by atoms with Gasteiger partial charge in [-0.05, 0) is 18.4 Å².